The van der Waals surface area contributed by atoms with Crippen LogP contribution in [0.25, 0.3) is 5.69 Å². The van der Waals surface area contributed by atoms with Crippen LogP contribution in [-0.4, -0.2) is 69.2 Å². The van der Waals surface area contributed by atoms with Gasteiger partial charge in [-0.2, -0.15) is 4.68 Å². The van der Waals surface area contributed by atoms with Crippen LogP contribution < -0.4 is 10.2 Å². The van der Waals surface area contributed by atoms with E-state index in [4.69, 9.17) is 9.84 Å². The first kappa shape index (κ1) is 21.8. The SMILES string of the molecule is O=C(CSc1nnnn1-c1ccc(C(=O)O)cc1)NCc1cccc(N2CCOCC2)c1. The van der Waals surface area contributed by atoms with Gasteiger partial charge in [0.05, 0.1) is 30.2 Å². The highest BCUT2D eigenvalue weighted by Crippen LogP contribution is 2.19. The lowest BCUT2D eigenvalue weighted by Crippen LogP contribution is -2.36. The molecule has 1 amide bonds. The third-order valence-electron chi connectivity index (χ3n) is 4.91. The van der Waals surface area contributed by atoms with Crippen LogP contribution in [0.15, 0.2) is 53.7 Å². The Hall–Kier alpha value is -3.44. The molecule has 0 bridgehead atoms. The second-order valence-corrected chi connectivity index (χ2v) is 8.00. The molecular formula is C21H22N6O4S. The molecular weight excluding hydrogens is 432 g/mol. The molecule has 1 aliphatic rings. The van der Waals surface area contributed by atoms with Crippen molar-refractivity contribution in [3.8, 4) is 5.69 Å². The number of carboxylic acids is 1. The number of hydrogen-bond acceptors (Lipinski definition) is 8. The van der Waals surface area contributed by atoms with Gasteiger partial charge in [-0.1, -0.05) is 23.9 Å². The van der Waals surface area contributed by atoms with Crippen LogP contribution in [0.2, 0.25) is 0 Å². The minimum absolute atomic E-state index is 0.137. The molecule has 11 heteroatoms. The standard InChI is InChI=1S/C21H22N6O4S/c28-19(22-13-15-2-1-3-18(12-15)26-8-10-31-11-9-26)14-32-21-23-24-25-27(21)17-6-4-16(5-7-17)20(29)30/h1-7,12H,8-11,13-14H2,(H,22,28)(H,29,30). The maximum absolute atomic E-state index is 12.4. The van der Waals surface area contributed by atoms with Crippen molar-refractivity contribution in [3.63, 3.8) is 0 Å². The number of hydrogen-bond donors (Lipinski definition) is 2. The smallest absolute Gasteiger partial charge is 0.335 e. The Labute approximate surface area is 188 Å². The Kier molecular flexibility index (Phi) is 6.97. The molecule has 1 aliphatic heterocycles. The van der Waals surface area contributed by atoms with Crippen LogP contribution in [0, 0.1) is 0 Å². The summed E-state index contributed by atoms with van der Waals surface area (Å²) in [4.78, 5) is 25.6. The van der Waals surface area contributed by atoms with Crippen molar-refractivity contribution in [2.75, 3.05) is 37.0 Å². The molecule has 1 saturated heterocycles. The average Bonchev–Trinajstić information content (AvgIpc) is 3.31. The number of carbonyl (C=O) groups excluding carboxylic acids is 1. The number of benzene rings is 2. The number of rotatable bonds is 8. The minimum Gasteiger partial charge on any atom is -0.478 e. The van der Waals surface area contributed by atoms with Gasteiger partial charge in [0.25, 0.3) is 0 Å². The topological polar surface area (TPSA) is 122 Å². The molecule has 2 N–H and O–H groups in total. The van der Waals surface area contributed by atoms with Gasteiger partial charge < -0.3 is 20.1 Å². The number of nitrogens with zero attached hydrogens (tertiary/aromatic N) is 5. The van der Waals surface area contributed by atoms with Crippen molar-refractivity contribution < 1.29 is 19.4 Å². The van der Waals surface area contributed by atoms with Crippen molar-refractivity contribution >= 4 is 29.3 Å². The van der Waals surface area contributed by atoms with Crippen molar-refractivity contribution in [2.24, 2.45) is 0 Å². The number of morpholine rings is 1. The summed E-state index contributed by atoms with van der Waals surface area (Å²) in [5.41, 5.74) is 2.94. The Balaban J connectivity index is 1.31. The molecule has 0 spiro atoms. The van der Waals surface area contributed by atoms with Crippen LogP contribution in [0.1, 0.15) is 15.9 Å². The van der Waals surface area contributed by atoms with Gasteiger partial charge in [0, 0.05) is 25.3 Å². The largest absolute Gasteiger partial charge is 0.478 e. The molecule has 0 radical (unpaired) electrons. The van der Waals surface area contributed by atoms with Crippen LogP contribution in [0.5, 0.6) is 0 Å². The molecule has 0 unspecified atom stereocenters. The number of tetrazole rings is 1. The molecule has 3 aromatic rings. The monoisotopic (exact) mass is 454 g/mol. The fraction of sp³-hybridized carbons (Fsp3) is 0.286. The zero-order valence-electron chi connectivity index (χ0n) is 17.2. The maximum Gasteiger partial charge on any atom is 0.335 e. The van der Waals surface area contributed by atoms with Crippen molar-refractivity contribution in [1.82, 2.24) is 25.5 Å². The number of carboxylic acid groups (broad SMARTS) is 1. The quantitative estimate of drug-likeness (QED) is 0.489. The van der Waals surface area contributed by atoms with Gasteiger partial charge >= 0.3 is 5.97 Å². The van der Waals surface area contributed by atoms with Crippen LogP contribution in [-0.2, 0) is 16.1 Å². The summed E-state index contributed by atoms with van der Waals surface area (Å²) in [6.07, 6.45) is 0. The molecule has 2 aromatic carbocycles. The minimum atomic E-state index is -1.00. The lowest BCUT2D eigenvalue weighted by Gasteiger charge is -2.29. The predicted octanol–water partition coefficient (Wildman–Crippen LogP) is 1.61. The van der Waals surface area contributed by atoms with E-state index in [1.807, 2.05) is 12.1 Å². The highest BCUT2D eigenvalue weighted by Gasteiger charge is 2.14. The van der Waals surface area contributed by atoms with Crippen molar-refractivity contribution in [2.45, 2.75) is 11.7 Å². The third kappa shape index (κ3) is 5.42. The zero-order valence-corrected chi connectivity index (χ0v) is 18.0. The van der Waals surface area contributed by atoms with E-state index in [1.54, 1.807) is 12.1 Å². The van der Waals surface area contributed by atoms with Gasteiger partial charge in [0.15, 0.2) is 0 Å². The molecule has 1 aromatic heterocycles. The van der Waals surface area contributed by atoms with Crippen molar-refractivity contribution in [3.05, 3.63) is 59.7 Å². The molecule has 166 valence electrons. The molecule has 0 aliphatic carbocycles. The van der Waals surface area contributed by atoms with Crippen LogP contribution in [0.4, 0.5) is 5.69 Å². The number of thioether (sulfide) groups is 1. The summed E-state index contributed by atoms with van der Waals surface area (Å²) in [6.45, 7) is 3.60. The highest BCUT2D eigenvalue weighted by molar-refractivity contribution is 7.99. The van der Waals surface area contributed by atoms with E-state index in [1.165, 1.54) is 28.6 Å². The van der Waals surface area contributed by atoms with E-state index in [0.29, 0.717) is 17.4 Å². The lowest BCUT2D eigenvalue weighted by atomic mass is 10.2. The first-order valence-corrected chi connectivity index (χ1v) is 11.0. The molecule has 32 heavy (non-hydrogen) atoms. The molecule has 0 atom stereocenters. The Morgan fingerprint density at radius 3 is 2.62 bits per heavy atom. The van der Waals surface area contributed by atoms with Gasteiger partial charge in [-0.25, -0.2) is 4.79 Å². The summed E-state index contributed by atoms with van der Waals surface area (Å²) in [7, 11) is 0. The predicted molar refractivity (Wildman–Crippen MR) is 118 cm³/mol. The molecule has 10 nitrogen and oxygen atoms in total. The third-order valence-corrected chi connectivity index (χ3v) is 5.83. The van der Waals surface area contributed by atoms with Gasteiger partial charge in [-0.15, -0.1) is 5.10 Å². The van der Waals surface area contributed by atoms with E-state index in [-0.39, 0.29) is 17.2 Å². The van der Waals surface area contributed by atoms with E-state index in [9.17, 15) is 9.59 Å². The van der Waals surface area contributed by atoms with E-state index >= 15 is 0 Å². The Bertz CT molecular complexity index is 1080. The summed E-state index contributed by atoms with van der Waals surface area (Å²) in [6, 6.07) is 14.3. The summed E-state index contributed by atoms with van der Waals surface area (Å²) in [5.74, 6) is -0.992. The van der Waals surface area contributed by atoms with Crippen LogP contribution in [0.3, 0.4) is 0 Å². The number of amides is 1. The molecule has 0 saturated carbocycles. The molecule has 4 rings (SSSR count). The number of anilines is 1. The molecule has 2 heterocycles. The van der Waals surface area contributed by atoms with Gasteiger partial charge in [0.2, 0.25) is 11.1 Å². The number of nitrogens with one attached hydrogen (secondary N) is 1. The lowest BCUT2D eigenvalue weighted by molar-refractivity contribution is -0.118. The summed E-state index contributed by atoms with van der Waals surface area (Å²) in [5, 5.41) is 23.9. The van der Waals surface area contributed by atoms with E-state index in [0.717, 1.165) is 37.6 Å². The van der Waals surface area contributed by atoms with Crippen molar-refractivity contribution in [1.29, 1.82) is 0 Å². The fourth-order valence-electron chi connectivity index (χ4n) is 3.24. The summed E-state index contributed by atoms with van der Waals surface area (Å²) >= 11 is 1.20. The average molecular weight is 455 g/mol. The van der Waals surface area contributed by atoms with Gasteiger partial charge in [-0.3, -0.25) is 4.79 Å². The Morgan fingerprint density at radius 1 is 1.09 bits per heavy atom. The van der Waals surface area contributed by atoms with Crippen LogP contribution >= 0.6 is 11.8 Å². The van der Waals surface area contributed by atoms with Gasteiger partial charge in [0.1, 0.15) is 0 Å². The fourth-order valence-corrected chi connectivity index (χ4v) is 3.96. The number of ether oxygens (including phenoxy) is 1. The number of aromatic carboxylic acids is 1. The highest BCUT2D eigenvalue weighted by atomic mass is 32.2. The second-order valence-electron chi connectivity index (χ2n) is 7.06. The molecule has 1 fully saturated rings. The first-order chi connectivity index (χ1) is 15.6. The Morgan fingerprint density at radius 2 is 1.88 bits per heavy atom. The van der Waals surface area contributed by atoms with E-state index < -0.39 is 5.97 Å². The normalized spacial score (nSPS) is 13.7. The maximum atomic E-state index is 12.4. The van der Waals surface area contributed by atoms with E-state index in [2.05, 4.69) is 37.9 Å². The number of aromatic nitrogens is 4. The second kappa shape index (κ2) is 10.2. The van der Waals surface area contributed by atoms with Gasteiger partial charge in [-0.05, 0) is 52.4 Å². The number of carbonyl (C=O) groups is 2. The zero-order chi connectivity index (χ0) is 22.3. The summed E-state index contributed by atoms with van der Waals surface area (Å²) < 4.78 is 6.87. The first-order valence-electron chi connectivity index (χ1n) is 10.0.